The highest BCUT2D eigenvalue weighted by Gasteiger charge is 2.15. The average molecular weight is 372 g/mol. The van der Waals surface area contributed by atoms with Crippen molar-refractivity contribution in [1.82, 2.24) is 0 Å². The lowest BCUT2D eigenvalue weighted by atomic mass is 10.2. The van der Waals surface area contributed by atoms with Gasteiger partial charge in [0, 0.05) is 17.8 Å². The number of amides is 2. The van der Waals surface area contributed by atoms with E-state index in [9.17, 15) is 9.59 Å². The second-order valence-corrected chi connectivity index (χ2v) is 5.70. The van der Waals surface area contributed by atoms with Gasteiger partial charge in [-0.25, -0.2) is 0 Å². The first-order valence-electron chi connectivity index (χ1n) is 8.30. The van der Waals surface area contributed by atoms with Gasteiger partial charge in [0.1, 0.15) is 31.1 Å². The van der Waals surface area contributed by atoms with E-state index in [2.05, 4.69) is 10.6 Å². The average Bonchev–Trinajstić information content (AvgIpc) is 2.67. The van der Waals surface area contributed by atoms with Crippen LogP contribution in [0, 0.1) is 0 Å². The van der Waals surface area contributed by atoms with Gasteiger partial charge in [-0.05, 0) is 24.3 Å². The molecule has 0 unspecified atom stereocenters. The maximum Gasteiger partial charge on any atom is 0.233 e. The summed E-state index contributed by atoms with van der Waals surface area (Å²) in [4.78, 5) is 24.4. The van der Waals surface area contributed by atoms with Crippen molar-refractivity contribution in [2.24, 2.45) is 0 Å². The molecule has 1 aliphatic rings. The number of nitrogens with one attached hydrogen (secondary N) is 2. The van der Waals surface area contributed by atoms with Gasteiger partial charge in [0.25, 0.3) is 0 Å². The highest BCUT2D eigenvalue weighted by Crippen LogP contribution is 2.32. The molecule has 3 rings (SSSR count). The quantitative estimate of drug-likeness (QED) is 0.757. The van der Waals surface area contributed by atoms with Crippen molar-refractivity contribution in [2.45, 2.75) is 6.42 Å². The first-order chi connectivity index (χ1) is 13.1. The van der Waals surface area contributed by atoms with Crippen molar-refractivity contribution in [3.8, 4) is 23.0 Å². The topological polar surface area (TPSA) is 95.1 Å². The lowest BCUT2D eigenvalue weighted by Crippen LogP contribution is -2.22. The van der Waals surface area contributed by atoms with E-state index in [4.69, 9.17) is 18.9 Å². The van der Waals surface area contributed by atoms with E-state index in [0.29, 0.717) is 47.6 Å². The fourth-order valence-electron chi connectivity index (χ4n) is 2.58. The summed E-state index contributed by atoms with van der Waals surface area (Å²) in [6.45, 7) is 0.946. The van der Waals surface area contributed by atoms with Crippen LogP contribution in [0.25, 0.3) is 0 Å². The number of rotatable bonds is 6. The van der Waals surface area contributed by atoms with Gasteiger partial charge in [-0.1, -0.05) is 0 Å². The van der Waals surface area contributed by atoms with Crippen LogP contribution in [0.4, 0.5) is 11.4 Å². The zero-order valence-corrected chi connectivity index (χ0v) is 15.0. The standard InChI is InChI=1S/C19H20N2O6/c1-24-13-4-6-15(25-2)14(10-13)21-19(23)11-18(22)20-12-3-5-16-17(9-12)27-8-7-26-16/h3-6,9-10H,7-8,11H2,1-2H3,(H,20,22)(H,21,23). The number of carbonyl (C=O) groups is 2. The first kappa shape index (κ1) is 18.4. The second-order valence-electron chi connectivity index (χ2n) is 5.70. The van der Waals surface area contributed by atoms with Gasteiger partial charge >= 0.3 is 0 Å². The summed E-state index contributed by atoms with van der Waals surface area (Å²) >= 11 is 0. The molecule has 0 saturated heterocycles. The highest BCUT2D eigenvalue weighted by molar-refractivity contribution is 6.08. The Morgan fingerprint density at radius 2 is 1.67 bits per heavy atom. The molecule has 0 bridgehead atoms. The van der Waals surface area contributed by atoms with Gasteiger partial charge in [-0.2, -0.15) is 0 Å². The minimum atomic E-state index is -0.475. The zero-order valence-electron chi connectivity index (χ0n) is 15.0. The monoisotopic (exact) mass is 372 g/mol. The molecule has 0 spiro atoms. The van der Waals surface area contributed by atoms with E-state index >= 15 is 0 Å². The molecule has 27 heavy (non-hydrogen) atoms. The van der Waals surface area contributed by atoms with Gasteiger partial charge in [-0.3, -0.25) is 9.59 Å². The van der Waals surface area contributed by atoms with Gasteiger partial charge in [0.15, 0.2) is 11.5 Å². The molecule has 2 amide bonds. The molecule has 0 radical (unpaired) electrons. The molecular formula is C19H20N2O6. The molecule has 0 aromatic heterocycles. The minimum Gasteiger partial charge on any atom is -0.497 e. The maximum atomic E-state index is 12.2. The summed E-state index contributed by atoms with van der Waals surface area (Å²) < 4.78 is 21.2. The highest BCUT2D eigenvalue weighted by atomic mass is 16.6. The van der Waals surface area contributed by atoms with E-state index in [-0.39, 0.29) is 6.42 Å². The van der Waals surface area contributed by atoms with Crippen molar-refractivity contribution in [3.05, 3.63) is 36.4 Å². The molecule has 8 heteroatoms. The summed E-state index contributed by atoms with van der Waals surface area (Å²) in [5, 5.41) is 5.32. The Bertz CT molecular complexity index is 852. The molecule has 1 heterocycles. The number of fused-ring (bicyclic) bond motifs is 1. The fraction of sp³-hybridized carbons (Fsp3) is 0.263. The molecule has 2 aromatic rings. The van der Waals surface area contributed by atoms with E-state index < -0.39 is 11.8 Å². The van der Waals surface area contributed by atoms with Crippen LogP contribution in [0.1, 0.15) is 6.42 Å². The van der Waals surface area contributed by atoms with Crippen LogP contribution in [0.3, 0.4) is 0 Å². The number of methoxy groups -OCH3 is 2. The Morgan fingerprint density at radius 1 is 0.926 bits per heavy atom. The Balaban J connectivity index is 1.60. The molecule has 0 fully saturated rings. The van der Waals surface area contributed by atoms with Crippen LogP contribution in [-0.2, 0) is 9.59 Å². The lowest BCUT2D eigenvalue weighted by Gasteiger charge is -2.19. The third-order valence-corrected chi connectivity index (χ3v) is 3.83. The third kappa shape index (κ3) is 4.60. The molecule has 1 aliphatic heterocycles. The number of hydrogen-bond donors (Lipinski definition) is 2. The largest absolute Gasteiger partial charge is 0.497 e. The Labute approximate surface area is 156 Å². The summed E-state index contributed by atoms with van der Waals surface area (Å²) in [6, 6.07) is 10.1. The van der Waals surface area contributed by atoms with Crippen LogP contribution in [0.15, 0.2) is 36.4 Å². The van der Waals surface area contributed by atoms with Gasteiger partial charge in [-0.15, -0.1) is 0 Å². The second kappa shape index (κ2) is 8.31. The number of anilines is 2. The molecule has 2 N–H and O–H groups in total. The lowest BCUT2D eigenvalue weighted by molar-refractivity contribution is -0.123. The number of ether oxygens (including phenoxy) is 4. The number of hydrogen-bond acceptors (Lipinski definition) is 6. The van der Waals surface area contributed by atoms with Crippen LogP contribution < -0.4 is 29.6 Å². The SMILES string of the molecule is COc1ccc(OC)c(NC(=O)CC(=O)Nc2ccc3c(c2)OCCO3)c1. The maximum absolute atomic E-state index is 12.2. The minimum absolute atomic E-state index is 0.352. The van der Waals surface area contributed by atoms with Crippen molar-refractivity contribution in [2.75, 3.05) is 38.1 Å². The van der Waals surface area contributed by atoms with Crippen LogP contribution in [0.5, 0.6) is 23.0 Å². The van der Waals surface area contributed by atoms with Gasteiger partial charge in [0.05, 0.1) is 19.9 Å². The fourth-order valence-corrected chi connectivity index (χ4v) is 2.58. The van der Waals surface area contributed by atoms with E-state index in [0.717, 1.165) is 0 Å². The summed E-state index contributed by atoms with van der Waals surface area (Å²) in [7, 11) is 3.01. The normalized spacial score (nSPS) is 12.1. The first-order valence-corrected chi connectivity index (χ1v) is 8.30. The smallest absolute Gasteiger partial charge is 0.233 e. The van der Waals surface area contributed by atoms with Crippen molar-refractivity contribution < 1.29 is 28.5 Å². The van der Waals surface area contributed by atoms with E-state index in [1.165, 1.54) is 14.2 Å². The number of carbonyl (C=O) groups excluding carboxylic acids is 2. The molecular weight excluding hydrogens is 352 g/mol. The Kier molecular flexibility index (Phi) is 5.65. The Morgan fingerprint density at radius 3 is 2.41 bits per heavy atom. The summed E-state index contributed by atoms with van der Waals surface area (Å²) in [6.07, 6.45) is -0.352. The Hall–Kier alpha value is -3.42. The van der Waals surface area contributed by atoms with Gasteiger partial charge in [0.2, 0.25) is 11.8 Å². The number of benzene rings is 2. The van der Waals surface area contributed by atoms with E-state index in [1.54, 1.807) is 36.4 Å². The van der Waals surface area contributed by atoms with Crippen LogP contribution in [0.2, 0.25) is 0 Å². The van der Waals surface area contributed by atoms with Crippen molar-refractivity contribution in [3.63, 3.8) is 0 Å². The van der Waals surface area contributed by atoms with Crippen molar-refractivity contribution >= 4 is 23.2 Å². The summed E-state index contributed by atoms with van der Waals surface area (Å²) in [5.74, 6) is 1.29. The molecule has 0 saturated carbocycles. The van der Waals surface area contributed by atoms with Crippen molar-refractivity contribution in [1.29, 1.82) is 0 Å². The van der Waals surface area contributed by atoms with Crippen LogP contribution in [-0.4, -0.2) is 39.2 Å². The molecule has 0 atom stereocenters. The van der Waals surface area contributed by atoms with Gasteiger partial charge < -0.3 is 29.6 Å². The predicted molar refractivity (Wildman–Crippen MR) is 98.9 cm³/mol. The molecule has 8 nitrogen and oxygen atoms in total. The summed E-state index contributed by atoms with van der Waals surface area (Å²) in [5.41, 5.74) is 0.949. The molecule has 142 valence electrons. The predicted octanol–water partition coefficient (Wildman–Crippen LogP) is 2.44. The van der Waals surface area contributed by atoms with Crippen LogP contribution >= 0.6 is 0 Å². The zero-order chi connectivity index (χ0) is 19.2. The molecule has 2 aromatic carbocycles. The van der Waals surface area contributed by atoms with E-state index in [1.807, 2.05) is 0 Å². The third-order valence-electron chi connectivity index (χ3n) is 3.83. The molecule has 0 aliphatic carbocycles.